The molecule has 0 radical (unpaired) electrons. The Hall–Kier alpha value is 0.01000. The summed E-state index contributed by atoms with van der Waals surface area (Å²) in [5.74, 6) is 0. The van der Waals surface area contributed by atoms with Crippen LogP contribution in [0.5, 0.6) is 0 Å². The van der Waals surface area contributed by atoms with Gasteiger partial charge in [0.1, 0.15) is 0 Å². The summed E-state index contributed by atoms with van der Waals surface area (Å²) in [5.41, 5.74) is 0. The van der Waals surface area contributed by atoms with Gasteiger partial charge >= 0.3 is 21.1 Å². The van der Waals surface area contributed by atoms with Gasteiger partial charge in [0, 0.05) is 0 Å². The maximum atomic E-state index is 9.36. The molecule has 0 unspecified atom stereocenters. The van der Waals surface area contributed by atoms with Gasteiger partial charge in [-0.05, 0) is 0 Å². The highest BCUT2D eigenvalue weighted by Gasteiger charge is 2.05. The molecule has 0 amide bonds. The lowest BCUT2D eigenvalue weighted by Gasteiger charge is -1.76. The average Bonchev–Trinajstić information content (AvgIpc) is 1.35. The van der Waals surface area contributed by atoms with Crippen LogP contribution in [-0.2, 0) is 3.07 Å². The zero-order valence-corrected chi connectivity index (χ0v) is 4.84. The molecule has 0 fully saturated rings. The monoisotopic (exact) mass is 200 g/mol. The predicted octanol–water partition coefficient (Wildman–Crippen LogP) is -5.32. The first-order valence-corrected chi connectivity index (χ1v) is 3.60. The van der Waals surface area contributed by atoms with Crippen LogP contribution in [0.1, 0.15) is 0 Å². The Morgan fingerprint density at radius 1 is 1.67 bits per heavy atom. The summed E-state index contributed by atoms with van der Waals surface area (Å²) < 4.78 is 22.3. The molecule has 0 atom stereocenters. The van der Waals surface area contributed by atoms with Crippen LogP contribution in [0.2, 0.25) is 0 Å². The zero-order chi connectivity index (χ0) is 4.99. The van der Waals surface area contributed by atoms with Crippen LogP contribution in [-0.4, -0.2) is 0 Å². The van der Waals surface area contributed by atoms with Gasteiger partial charge in [-0.3, -0.25) is 0 Å². The molecule has 0 rings (SSSR count). The molecule has 6 heavy (non-hydrogen) atoms. The van der Waals surface area contributed by atoms with Gasteiger partial charge in [-0.25, -0.2) is 0 Å². The van der Waals surface area contributed by atoms with E-state index in [9.17, 15) is 6.87 Å². The third-order valence-electron chi connectivity index (χ3n) is 0.108. The molecular formula is C2HIO3. The Balaban J connectivity index is 2.88. The van der Waals surface area contributed by atoms with Gasteiger partial charge in [0.25, 0.3) is 0 Å². The molecule has 0 aliphatic carbocycles. The van der Waals surface area contributed by atoms with Crippen molar-refractivity contribution in [1.82, 2.24) is 0 Å². The molecule has 0 aromatic rings. The molecule has 0 saturated carbocycles. The Kier molecular flexibility index (Phi) is 3.21. The SMILES string of the molecule is C#CO[I+2]([O-])[O-]. The normalized spacial score (nSPS) is 7.67. The number of rotatable bonds is 1. The van der Waals surface area contributed by atoms with E-state index >= 15 is 0 Å². The van der Waals surface area contributed by atoms with Crippen molar-refractivity contribution in [2.24, 2.45) is 0 Å². The maximum absolute atomic E-state index is 9.36. The maximum Gasteiger partial charge on any atom is 0.583 e. The molecular weight excluding hydrogens is 199 g/mol. The summed E-state index contributed by atoms with van der Waals surface area (Å²) in [6, 6.07) is 0. The van der Waals surface area contributed by atoms with Crippen LogP contribution in [0.15, 0.2) is 0 Å². The molecule has 0 bridgehead atoms. The van der Waals surface area contributed by atoms with Gasteiger partial charge in [-0.2, -0.15) is 0 Å². The number of terminal acetylenes is 1. The molecule has 0 aromatic carbocycles. The minimum Gasteiger partial charge on any atom is -0.385 e. The molecule has 3 nitrogen and oxygen atoms in total. The van der Waals surface area contributed by atoms with Crippen molar-refractivity contribution in [1.29, 1.82) is 0 Å². The second kappa shape index (κ2) is 3.21. The first-order chi connectivity index (χ1) is 2.77. The second-order valence-corrected chi connectivity index (χ2v) is 1.90. The lowest BCUT2D eigenvalue weighted by molar-refractivity contribution is -1.62. The van der Waals surface area contributed by atoms with Crippen molar-refractivity contribution in [3.05, 3.63) is 0 Å². The fourth-order valence-corrected chi connectivity index (χ4v) is 0.244. The van der Waals surface area contributed by atoms with Gasteiger partial charge < -0.3 is 6.87 Å². The first kappa shape index (κ1) is 6.01. The highest BCUT2D eigenvalue weighted by Crippen LogP contribution is 1.25. The van der Waals surface area contributed by atoms with E-state index in [1.54, 1.807) is 0 Å². The minimum atomic E-state index is -3.54. The fraction of sp³-hybridized carbons (Fsp3) is 0. The van der Waals surface area contributed by atoms with Crippen LogP contribution < -0.4 is 27.9 Å². The van der Waals surface area contributed by atoms with Crippen molar-refractivity contribution in [3.8, 4) is 12.5 Å². The highest BCUT2D eigenvalue weighted by molar-refractivity contribution is 4.64. The second-order valence-electron chi connectivity index (χ2n) is 0.384. The largest absolute Gasteiger partial charge is 0.583 e. The Bertz CT molecular complexity index is 63.7. The summed E-state index contributed by atoms with van der Waals surface area (Å²) in [7, 11) is 0. The lowest BCUT2D eigenvalue weighted by Crippen LogP contribution is -3.98. The van der Waals surface area contributed by atoms with E-state index in [0.29, 0.717) is 0 Å². The van der Waals surface area contributed by atoms with Gasteiger partial charge in [0.2, 0.25) is 6.11 Å². The number of hydrogen-bond acceptors (Lipinski definition) is 3. The van der Waals surface area contributed by atoms with Crippen molar-refractivity contribution < 1.29 is 31.0 Å². The summed E-state index contributed by atoms with van der Waals surface area (Å²) >= 11 is -3.54. The van der Waals surface area contributed by atoms with Crippen LogP contribution >= 0.6 is 0 Å². The van der Waals surface area contributed by atoms with Crippen LogP contribution in [0, 0.1) is 12.5 Å². The molecule has 0 spiro atoms. The van der Waals surface area contributed by atoms with Crippen molar-refractivity contribution in [2.45, 2.75) is 0 Å². The number of hydrogen-bond donors (Lipinski definition) is 0. The third kappa shape index (κ3) is 4.01. The van der Waals surface area contributed by atoms with E-state index < -0.39 is 21.1 Å². The van der Waals surface area contributed by atoms with Gasteiger partial charge in [0.15, 0.2) is 0 Å². The van der Waals surface area contributed by atoms with Crippen molar-refractivity contribution >= 4 is 0 Å². The van der Waals surface area contributed by atoms with E-state index in [0.717, 1.165) is 0 Å². The van der Waals surface area contributed by atoms with Crippen LogP contribution in [0.4, 0.5) is 0 Å². The standard InChI is InChI=1S/C2HIO3/c1-2-6-3(4)5/h1H. The molecule has 0 N–H and O–H groups in total. The summed E-state index contributed by atoms with van der Waals surface area (Å²) in [6.45, 7) is 0. The molecule has 0 aliphatic rings. The highest BCUT2D eigenvalue weighted by atomic mass is 127. The molecule has 0 aliphatic heterocycles. The zero-order valence-electron chi connectivity index (χ0n) is 2.68. The van der Waals surface area contributed by atoms with E-state index in [2.05, 4.69) is 9.49 Å². The third-order valence-corrected chi connectivity index (χ3v) is 0.721. The molecule has 4 heteroatoms. The van der Waals surface area contributed by atoms with Gasteiger partial charge in [-0.15, -0.1) is 0 Å². The Morgan fingerprint density at radius 3 is 2.17 bits per heavy atom. The van der Waals surface area contributed by atoms with Gasteiger partial charge in [0.05, 0.1) is 0 Å². The van der Waals surface area contributed by atoms with E-state index in [4.69, 9.17) is 0 Å². The summed E-state index contributed by atoms with van der Waals surface area (Å²) in [6.07, 6.45) is 5.91. The predicted molar refractivity (Wildman–Crippen MR) is 9.92 cm³/mol. The first-order valence-electron chi connectivity index (χ1n) is 0.956. The van der Waals surface area contributed by atoms with E-state index in [1.807, 2.05) is 0 Å². The van der Waals surface area contributed by atoms with Crippen molar-refractivity contribution in [2.75, 3.05) is 0 Å². The number of halogens is 1. The smallest absolute Gasteiger partial charge is 0.385 e. The van der Waals surface area contributed by atoms with E-state index in [1.165, 1.54) is 6.11 Å². The fourth-order valence-electron chi connectivity index (χ4n) is 0.0364. The quantitative estimate of drug-likeness (QED) is 0.313. The molecule has 0 aromatic heterocycles. The lowest BCUT2D eigenvalue weighted by atomic mass is 11.3. The Labute approximate surface area is 44.0 Å². The Morgan fingerprint density at radius 2 is 2.17 bits per heavy atom. The average molecular weight is 200 g/mol. The molecule has 34 valence electrons. The summed E-state index contributed by atoms with van der Waals surface area (Å²) in [5, 5.41) is 0. The summed E-state index contributed by atoms with van der Waals surface area (Å²) in [4.78, 5) is 0. The topological polar surface area (TPSA) is 55.3 Å². The van der Waals surface area contributed by atoms with Crippen LogP contribution in [0.3, 0.4) is 0 Å². The van der Waals surface area contributed by atoms with Crippen LogP contribution in [0.25, 0.3) is 0 Å². The van der Waals surface area contributed by atoms with Gasteiger partial charge in [-0.1, -0.05) is 9.49 Å². The van der Waals surface area contributed by atoms with Crippen molar-refractivity contribution in [3.63, 3.8) is 0 Å². The minimum absolute atomic E-state index is 1.51. The molecule has 0 saturated heterocycles. The molecule has 0 heterocycles. The van der Waals surface area contributed by atoms with E-state index in [-0.39, 0.29) is 0 Å².